The normalized spacial score (nSPS) is 10.1. The third-order valence-corrected chi connectivity index (χ3v) is 2.27. The monoisotopic (exact) mass is 253 g/mol. The molecule has 6 nitrogen and oxygen atoms in total. The van der Waals surface area contributed by atoms with Crippen molar-refractivity contribution in [3.63, 3.8) is 0 Å². The van der Waals surface area contributed by atoms with Crippen molar-refractivity contribution in [2.75, 3.05) is 13.2 Å². The predicted molar refractivity (Wildman–Crippen MR) is 64.4 cm³/mol. The molecule has 0 aliphatic heterocycles. The van der Waals surface area contributed by atoms with E-state index < -0.39 is 10.9 Å². The lowest BCUT2D eigenvalue weighted by atomic mass is 10.1. The van der Waals surface area contributed by atoms with Crippen LogP contribution in [0.3, 0.4) is 0 Å². The molecule has 0 bridgehead atoms. The van der Waals surface area contributed by atoms with E-state index in [-0.39, 0.29) is 24.5 Å². The van der Waals surface area contributed by atoms with Crippen LogP contribution in [0.15, 0.2) is 18.2 Å². The minimum absolute atomic E-state index is 0.0298. The zero-order chi connectivity index (χ0) is 13.5. The smallest absolute Gasteiger partial charge is 0.345 e. The third-order valence-electron chi connectivity index (χ3n) is 2.27. The Morgan fingerprint density at radius 2 is 2.06 bits per heavy atom. The van der Waals surface area contributed by atoms with Crippen LogP contribution in [-0.2, 0) is 16.1 Å². The highest BCUT2D eigenvalue weighted by atomic mass is 16.6. The Balaban J connectivity index is 3.20. The first-order chi connectivity index (χ1) is 8.61. The zero-order valence-corrected chi connectivity index (χ0v) is 10.3. The van der Waals surface area contributed by atoms with E-state index in [2.05, 4.69) is 0 Å². The molecule has 18 heavy (non-hydrogen) atoms. The van der Waals surface area contributed by atoms with Crippen molar-refractivity contribution in [1.82, 2.24) is 0 Å². The van der Waals surface area contributed by atoms with Crippen molar-refractivity contribution in [1.29, 1.82) is 0 Å². The topological polar surface area (TPSA) is 78.7 Å². The summed E-state index contributed by atoms with van der Waals surface area (Å²) < 4.78 is 10.0. The summed E-state index contributed by atoms with van der Waals surface area (Å²) in [5.41, 5.74) is 0.174. The summed E-state index contributed by atoms with van der Waals surface area (Å²) >= 11 is 0. The number of ether oxygens (including phenoxy) is 2. The van der Waals surface area contributed by atoms with Gasteiger partial charge < -0.3 is 9.47 Å². The van der Waals surface area contributed by atoms with Crippen LogP contribution in [0.5, 0.6) is 0 Å². The molecule has 0 spiro atoms. The highest BCUT2D eigenvalue weighted by molar-refractivity contribution is 5.95. The maximum absolute atomic E-state index is 11.8. The minimum atomic E-state index is -0.695. The average molecular weight is 253 g/mol. The lowest BCUT2D eigenvalue weighted by molar-refractivity contribution is -0.385. The molecule has 0 amide bonds. The first-order valence-corrected chi connectivity index (χ1v) is 5.62. The van der Waals surface area contributed by atoms with Gasteiger partial charge >= 0.3 is 5.97 Å². The van der Waals surface area contributed by atoms with E-state index in [1.807, 2.05) is 0 Å². The molecule has 0 aliphatic rings. The zero-order valence-electron chi connectivity index (χ0n) is 10.3. The number of carbonyl (C=O) groups is 1. The van der Waals surface area contributed by atoms with Crippen molar-refractivity contribution in [2.24, 2.45) is 0 Å². The second kappa shape index (κ2) is 6.70. The highest BCUT2D eigenvalue weighted by Gasteiger charge is 2.24. The SMILES string of the molecule is CCOCc1cccc([N+](=O)[O-])c1C(=O)OCC. The van der Waals surface area contributed by atoms with Crippen LogP contribution in [-0.4, -0.2) is 24.1 Å². The van der Waals surface area contributed by atoms with E-state index in [9.17, 15) is 14.9 Å². The maximum Gasteiger partial charge on any atom is 0.345 e. The molecule has 0 saturated carbocycles. The summed E-state index contributed by atoms with van der Waals surface area (Å²) in [7, 11) is 0. The largest absolute Gasteiger partial charge is 0.462 e. The first kappa shape index (κ1) is 14.1. The molecule has 98 valence electrons. The number of benzene rings is 1. The van der Waals surface area contributed by atoms with Crippen LogP contribution < -0.4 is 0 Å². The van der Waals surface area contributed by atoms with E-state index in [1.165, 1.54) is 12.1 Å². The second-order valence-electron chi connectivity index (χ2n) is 3.43. The molecule has 1 aromatic carbocycles. The van der Waals surface area contributed by atoms with Gasteiger partial charge in [-0.25, -0.2) is 4.79 Å². The summed E-state index contributed by atoms with van der Waals surface area (Å²) in [5, 5.41) is 10.9. The Hall–Kier alpha value is -1.95. The number of nitro groups is 1. The quantitative estimate of drug-likeness (QED) is 0.441. The van der Waals surface area contributed by atoms with E-state index in [4.69, 9.17) is 9.47 Å². The lowest BCUT2D eigenvalue weighted by Crippen LogP contribution is -2.12. The fourth-order valence-corrected chi connectivity index (χ4v) is 1.51. The van der Waals surface area contributed by atoms with Gasteiger partial charge in [-0.1, -0.05) is 12.1 Å². The molecule has 6 heteroatoms. The van der Waals surface area contributed by atoms with Gasteiger partial charge in [0.1, 0.15) is 5.56 Å². The van der Waals surface area contributed by atoms with Gasteiger partial charge in [0.15, 0.2) is 0 Å². The van der Waals surface area contributed by atoms with E-state index in [0.29, 0.717) is 12.2 Å². The third kappa shape index (κ3) is 3.27. The number of nitro benzene ring substituents is 1. The molecule has 0 saturated heterocycles. The number of nitrogens with zero attached hydrogens (tertiary/aromatic N) is 1. The summed E-state index contributed by atoms with van der Waals surface area (Å²) in [4.78, 5) is 22.1. The Kier molecular flexibility index (Phi) is 5.26. The fourth-order valence-electron chi connectivity index (χ4n) is 1.51. The van der Waals surface area contributed by atoms with Gasteiger partial charge in [0.25, 0.3) is 5.69 Å². The number of hydrogen-bond acceptors (Lipinski definition) is 5. The fraction of sp³-hybridized carbons (Fsp3) is 0.417. The Labute approximate surface area is 105 Å². The first-order valence-electron chi connectivity index (χ1n) is 5.62. The lowest BCUT2D eigenvalue weighted by Gasteiger charge is -2.09. The summed E-state index contributed by atoms with van der Waals surface area (Å²) in [6.07, 6.45) is 0. The van der Waals surface area contributed by atoms with Gasteiger partial charge in [-0.05, 0) is 19.4 Å². The van der Waals surface area contributed by atoms with Gasteiger partial charge in [0.05, 0.1) is 18.1 Å². The molecule has 0 atom stereocenters. The molecular weight excluding hydrogens is 238 g/mol. The molecule has 0 fully saturated rings. The van der Waals surface area contributed by atoms with Crippen LogP contribution in [0.1, 0.15) is 29.8 Å². The van der Waals surface area contributed by atoms with Gasteiger partial charge in [0, 0.05) is 12.7 Å². The maximum atomic E-state index is 11.8. The predicted octanol–water partition coefficient (Wildman–Crippen LogP) is 2.31. The van der Waals surface area contributed by atoms with E-state index in [1.54, 1.807) is 19.9 Å². The van der Waals surface area contributed by atoms with Gasteiger partial charge in [-0.2, -0.15) is 0 Å². The molecule has 1 aromatic rings. The van der Waals surface area contributed by atoms with Gasteiger partial charge in [0.2, 0.25) is 0 Å². The summed E-state index contributed by atoms with van der Waals surface area (Å²) in [6, 6.07) is 4.42. The molecule has 0 radical (unpaired) electrons. The van der Waals surface area contributed by atoms with Crippen LogP contribution >= 0.6 is 0 Å². The standard InChI is InChI=1S/C12H15NO5/c1-3-17-8-9-6-5-7-10(13(15)16)11(9)12(14)18-4-2/h5-7H,3-4,8H2,1-2H3. The van der Waals surface area contributed by atoms with Crippen molar-refractivity contribution in [3.8, 4) is 0 Å². The van der Waals surface area contributed by atoms with Crippen LogP contribution in [0, 0.1) is 10.1 Å². The molecule has 1 rings (SSSR count). The Bertz CT molecular complexity index is 444. The number of rotatable bonds is 6. The van der Waals surface area contributed by atoms with Crippen LogP contribution in [0.2, 0.25) is 0 Å². The number of carbonyl (C=O) groups excluding carboxylic acids is 1. The summed E-state index contributed by atoms with van der Waals surface area (Å²) in [5.74, 6) is -0.695. The second-order valence-corrected chi connectivity index (χ2v) is 3.43. The minimum Gasteiger partial charge on any atom is -0.462 e. The molecule has 0 aromatic heterocycles. The van der Waals surface area contributed by atoms with Crippen molar-refractivity contribution in [3.05, 3.63) is 39.4 Å². The van der Waals surface area contributed by atoms with Gasteiger partial charge in [-0.3, -0.25) is 10.1 Å². The van der Waals surface area contributed by atoms with Crippen molar-refractivity contribution < 1.29 is 19.2 Å². The highest BCUT2D eigenvalue weighted by Crippen LogP contribution is 2.24. The molecule has 0 unspecified atom stereocenters. The molecule has 0 aliphatic carbocycles. The number of esters is 1. The average Bonchev–Trinajstić information content (AvgIpc) is 2.35. The van der Waals surface area contributed by atoms with E-state index in [0.717, 1.165) is 0 Å². The molecule has 0 heterocycles. The van der Waals surface area contributed by atoms with Crippen LogP contribution in [0.25, 0.3) is 0 Å². The number of hydrogen-bond donors (Lipinski definition) is 0. The molecular formula is C12H15NO5. The van der Waals surface area contributed by atoms with Crippen LogP contribution in [0.4, 0.5) is 5.69 Å². The van der Waals surface area contributed by atoms with Crippen molar-refractivity contribution in [2.45, 2.75) is 20.5 Å². The van der Waals surface area contributed by atoms with Gasteiger partial charge in [-0.15, -0.1) is 0 Å². The van der Waals surface area contributed by atoms with Crippen molar-refractivity contribution >= 4 is 11.7 Å². The molecule has 0 N–H and O–H groups in total. The Morgan fingerprint density at radius 1 is 1.33 bits per heavy atom. The Morgan fingerprint density at radius 3 is 2.61 bits per heavy atom. The summed E-state index contributed by atoms with van der Waals surface area (Å²) in [6.45, 7) is 4.23. The van der Waals surface area contributed by atoms with E-state index >= 15 is 0 Å².